The van der Waals surface area contributed by atoms with Gasteiger partial charge in [-0.25, -0.2) is 4.68 Å². The second-order valence-corrected chi connectivity index (χ2v) is 7.00. The Labute approximate surface area is 160 Å². The fraction of sp³-hybridized carbons (Fsp3) is 0.476. The van der Waals surface area contributed by atoms with Crippen LogP contribution >= 0.6 is 0 Å². The minimum atomic E-state index is -0.211. The van der Waals surface area contributed by atoms with Gasteiger partial charge < -0.3 is 9.64 Å². The van der Waals surface area contributed by atoms with Crippen LogP contribution in [0.3, 0.4) is 0 Å². The van der Waals surface area contributed by atoms with E-state index in [0.717, 1.165) is 35.5 Å². The number of aryl methyl sites for hydroxylation is 1. The van der Waals surface area contributed by atoms with Crippen molar-refractivity contribution in [2.45, 2.75) is 40.0 Å². The van der Waals surface area contributed by atoms with Gasteiger partial charge in [-0.05, 0) is 45.7 Å². The molecule has 0 radical (unpaired) electrons. The number of likely N-dealkylation sites (tertiary alicyclic amines) is 1. The Morgan fingerprint density at radius 1 is 1.22 bits per heavy atom. The lowest BCUT2D eigenvalue weighted by atomic mass is 9.97. The van der Waals surface area contributed by atoms with Crippen LogP contribution in [-0.4, -0.2) is 46.3 Å². The molecule has 0 N–H and O–H groups in total. The van der Waals surface area contributed by atoms with Crippen molar-refractivity contribution < 1.29 is 14.3 Å². The smallest absolute Gasteiger partial charge is 0.310 e. The molecule has 0 bridgehead atoms. The molecule has 0 unspecified atom stereocenters. The number of rotatable bonds is 5. The second-order valence-electron chi connectivity index (χ2n) is 7.00. The second kappa shape index (κ2) is 8.37. The van der Waals surface area contributed by atoms with Gasteiger partial charge in [0, 0.05) is 24.3 Å². The van der Waals surface area contributed by atoms with Gasteiger partial charge in [-0.3, -0.25) is 9.59 Å². The number of carbonyl (C=O) groups is 2. The molecule has 1 fully saturated rings. The molecule has 2 aromatic rings. The summed E-state index contributed by atoms with van der Waals surface area (Å²) in [6.07, 6.45) is 1.92. The first-order chi connectivity index (χ1) is 13.0. The van der Waals surface area contributed by atoms with Gasteiger partial charge in [0.2, 0.25) is 5.91 Å². The van der Waals surface area contributed by atoms with E-state index in [1.807, 2.05) is 48.9 Å². The Morgan fingerprint density at radius 2 is 1.96 bits per heavy atom. The Morgan fingerprint density at radius 3 is 2.67 bits per heavy atom. The van der Waals surface area contributed by atoms with Crippen LogP contribution in [0.1, 0.15) is 36.7 Å². The lowest BCUT2D eigenvalue weighted by Crippen LogP contribution is -2.43. The molecule has 1 aromatic heterocycles. The third kappa shape index (κ3) is 4.21. The lowest BCUT2D eigenvalue weighted by Gasteiger charge is -2.31. The van der Waals surface area contributed by atoms with Gasteiger partial charge in [-0.15, -0.1) is 0 Å². The van der Waals surface area contributed by atoms with Crippen LogP contribution in [0.4, 0.5) is 0 Å². The highest BCUT2D eigenvalue weighted by molar-refractivity contribution is 5.81. The maximum absolute atomic E-state index is 12.9. The molecule has 0 aliphatic carbocycles. The predicted molar refractivity (Wildman–Crippen MR) is 103 cm³/mol. The zero-order valence-corrected chi connectivity index (χ0v) is 16.3. The van der Waals surface area contributed by atoms with Crippen molar-refractivity contribution in [3.63, 3.8) is 0 Å². The predicted octanol–water partition coefficient (Wildman–Crippen LogP) is 2.83. The molecule has 0 saturated carbocycles. The molecule has 1 atom stereocenters. The van der Waals surface area contributed by atoms with Crippen LogP contribution in [0.5, 0.6) is 0 Å². The topological polar surface area (TPSA) is 64.4 Å². The molecule has 6 heteroatoms. The molecule has 27 heavy (non-hydrogen) atoms. The maximum atomic E-state index is 12.9. The van der Waals surface area contributed by atoms with Crippen molar-refractivity contribution in [3.05, 3.63) is 47.3 Å². The molecule has 1 amide bonds. The van der Waals surface area contributed by atoms with E-state index in [0.29, 0.717) is 26.1 Å². The number of aromatic nitrogens is 2. The Bertz CT molecular complexity index is 814. The minimum Gasteiger partial charge on any atom is -0.466 e. The normalized spacial score (nSPS) is 17.0. The quantitative estimate of drug-likeness (QED) is 0.760. The van der Waals surface area contributed by atoms with E-state index in [4.69, 9.17) is 4.74 Å². The van der Waals surface area contributed by atoms with E-state index >= 15 is 0 Å². The molecule has 1 aliphatic rings. The van der Waals surface area contributed by atoms with E-state index in [-0.39, 0.29) is 17.8 Å². The zero-order valence-electron chi connectivity index (χ0n) is 16.3. The average Bonchev–Trinajstić information content (AvgIpc) is 2.97. The molecule has 1 aromatic carbocycles. The van der Waals surface area contributed by atoms with Crippen LogP contribution < -0.4 is 0 Å². The average molecular weight is 369 g/mol. The zero-order chi connectivity index (χ0) is 19.4. The number of hydrogen-bond acceptors (Lipinski definition) is 4. The largest absolute Gasteiger partial charge is 0.466 e. The standard InChI is InChI=1S/C21H27N3O3/c1-4-27-21(26)17-9-8-12-23(14-17)20(25)13-19-15(2)22-24(16(19)3)18-10-6-5-7-11-18/h5-7,10-11,17H,4,8-9,12-14H2,1-3H3/t17-/m1/s1. The van der Waals surface area contributed by atoms with Crippen LogP contribution in [-0.2, 0) is 20.7 Å². The first-order valence-corrected chi connectivity index (χ1v) is 9.56. The van der Waals surface area contributed by atoms with Crippen molar-refractivity contribution >= 4 is 11.9 Å². The molecule has 2 heterocycles. The minimum absolute atomic E-state index is 0.0443. The van der Waals surface area contributed by atoms with E-state index < -0.39 is 0 Å². The number of piperidine rings is 1. The van der Waals surface area contributed by atoms with E-state index in [1.165, 1.54) is 0 Å². The van der Waals surface area contributed by atoms with Crippen molar-refractivity contribution in [3.8, 4) is 5.69 Å². The Kier molecular flexibility index (Phi) is 5.94. The summed E-state index contributed by atoms with van der Waals surface area (Å²) < 4.78 is 7.01. The fourth-order valence-corrected chi connectivity index (χ4v) is 3.67. The molecule has 6 nitrogen and oxygen atoms in total. The molecule has 1 aliphatic heterocycles. The van der Waals surface area contributed by atoms with Crippen LogP contribution in [0.25, 0.3) is 5.69 Å². The molecule has 144 valence electrons. The summed E-state index contributed by atoms with van der Waals surface area (Å²) in [6.45, 7) is 7.25. The number of benzene rings is 1. The highest BCUT2D eigenvalue weighted by Crippen LogP contribution is 2.22. The molecule has 1 saturated heterocycles. The summed E-state index contributed by atoms with van der Waals surface area (Å²) in [5, 5.41) is 4.62. The summed E-state index contributed by atoms with van der Waals surface area (Å²) in [5.74, 6) is -0.362. The summed E-state index contributed by atoms with van der Waals surface area (Å²) in [5.41, 5.74) is 3.79. The van der Waals surface area contributed by atoms with Crippen molar-refractivity contribution in [2.24, 2.45) is 5.92 Å². The number of amides is 1. The SMILES string of the molecule is CCOC(=O)[C@@H]1CCCN(C(=O)Cc2c(C)nn(-c3ccccc3)c2C)C1. The highest BCUT2D eigenvalue weighted by atomic mass is 16.5. The number of hydrogen-bond donors (Lipinski definition) is 0. The van der Waals surface area contributed by atoms with E-state index in [1.54, 1.807) is 11.8 Å². The summed E-state index contributed by atoms with van der Waals surface area (Å²) in [6, 6.07) is 9.91. The van der Waals surface area contributed by atoms with Gasteiger partial charge >= 0.3 is 5.97 Å². The molecule has 3 rings (SSSR count). The van der Waals surface area contributed by atoms with Crippen molar-refractivity contribution in [1.29, 1.82) is 0 Å². The molecule has 0 spiro atoms. The fourth-order valence-electron chi connectivity index (χ4n) is 3.67. The van der Waals surface area contributed by atoms with Crippen molar-refractivity contribution in [1.82, 2.24) is 14.7 Å². The maximum Gasteiger partial charge on any atom is 0.310 e. The third-order valence-electron chi connectivity index (χ3n) is 5.16. The summed E-state index contributed by atoms with van der Waals surface area (Å²) in [4.78, 5) is 26.7. The van der Waals surface area contributed by atoms with Crippen LogP contribution in [0, 0.1) is 19.8 Å². The van der Waals surface area contributed by atoms with Crippen LogP contribution in [0.15, 0.2) is 30.3 Å². The van der Waals surface area contributed by atoms with Gasteiger partial charge in [0.15, 0.2) is 0 Å². The van der Waals surface area contributed by atoms with Gasteiger partial charge in [-0.2, -0.15) is 5.10 Å². The number of para-hydroxylation sites is 1. The first-order valence-electron chi connectivity index (χ1n) is 9.56. The van der Waals surface area contributed by atoms with Gasteiger partial charge in [0.05, 0.1) is 30.3 Å². The number of ether oxygens (including phenoxy) is 1. The van der Waals surface area contributed by atoms with E-state index in [9.17, 15) is 9.59 Å². The van der Waals surface area contributed by atoms with Gasteiger partial charge in [0.25, 0.3) is 0 Å². The first kappa shape index (κ1) is 19.1. The Balaban J connectivity index is 1.73. The molecular weight excluding hydrogens is 342 g/mol. The molecular formula is C21H27N3O3. The van der Waals surface area contributed by atoms with Gasteiger partial charge in [0.1, 0.15) is 0 Å². The lowest BCUT2D eigenvalue weighted by molar-refractivity contribution is -0.151. The summed E-state index contributed by atoms with van der Waals surface area (Å²) in [7, 11) is 0. The van der Waals surface area contributed by atoms with Gasteiger partial charge in [-0.1, -0.05) is 18.2 Å². The van der Waals surface area contributed by atoms with Crippen LogP contribution in [0.2, 0.25) is 0 Å². The summed E-state index contributed by atoms with van der Waals surface area (Å²) >= 11 is 0. The highest BCUT2D eigenvalue weighted by Gasteiger charge is 2.30. The monoisotopic (exact) mass is 369 g/mol. The number of nitrogens with zero attached hydrogens (tertiary/aromatic N) is 3. The Hall–Kier alpha value is -2.63. The number of esters is 1. The number of carbonyl (C=O) groups excluding carboxylic acids is 2. The third-order valence-corrected chi connectivity index (χ3v) is 5.16. The van der Waals surface area contributed by atoms with E-state index in [2.05, 4.69) is 5.10 Å². The van der Waals surface area contributed by atoms with Crippen molar-refractivity contribution in [2.75, 3.05) is 19.7 Å².